The Labute approximate surface area is 212 Å². The molecule has 0 aliphatic rings. The fraction of sp³-hybridized carbons (Fsp3) is 0.280. The van der Waals surface area contributed by atoms with Crippen molar-refractivity contribution in [2.24, 2.45) is 0 Å². The van der Waals surface area contributed by atoms with E-state index in [0.717, 1.165) is 11.3 Å². The van der Waals surface area contributed by atoms with E-state index in [9.17, 15) is 17.6 Å². The number of carbonyl (C=O) groups excluding carboxylic acids is 1. The van der Waals surface area contributed by atoms with Gasteiger partial charge in [0.25, 0.3) is 5.91 Å². The minimum Gasteiger partial charge on any atom is -0.489 e. The minimum absolute atomic E-state index is 0.00301. The van der Waals surface area contributed by atoms with Gasteiger partial charge in [0.05, 0.1) is 40.9 Å². The van der Waals surface area contributed by atoms with Gasteiger partial charge in [-0.15, -0.1) is 11.3 Å². The molecule has 0 saturated carbocycles. The zero-order chi connectivity index (χ0) is 26.2. The van der Waals surface area contributed by atoms with Crippen molar-refractivity contribution in [2.45, 2.75) is 33.4 Å². The number of benzene rings is 2. The Balaban J connectivity index is 1.98. The number of halogens is 1. The molecule has 8 nitrogen and oxygen atoms in total. The Morgan fingerprint density at radius 2 is 1.94 bits per heavy atom. The van der Waals surface area contributed by atoms with Crippen molar-refractivity contribution in [3.05, 3.63) is 63.9 Å². The largest absolute Gasteiger partial charge is 0.489 e. The normalized spacial score (nSPS) is 11.8. The molecule has 4 rings (SSSR count). The molecule has 190 valence electrons. The number of fused-ring (bicyclic) bond motifs is 1. The molecule has 0 aliphatic carbocycles. The molecule has 11 heteroatoms. The smallest absolute Gasteiger partial charge is 0.255 e. The van der Waals surface area contributed by atoms with Gasteiger partial charge >= 0.3 is 0 Å². The van der Waals surface area contributed by atoms with E-state index in [2.05, 4.69) is 10.3 Å². The fourth-order valence-electron chi connectivity index (χ4n) is 3.82. The lowest BCUT2D eigenvalue weighted by Crippen LogP contribution is -2.30. The molecular weight excluding hydrogens is 505 g/mol. The number of carbonyl (C=O) groups is 1. The maximum absolute atomic E-state index is 13.5. The molecule has 2 heterocycles. The summed E-state index contributed by atoms with van der Waals surface area (Å²) in [5.74, 6) is -0.328. The summed E-state index contributed by atoms with van der Waals surface area (Å²) >= 11 is 1.43. The van der Waals surface area contributed by atoms with Crippen LogP contribution >= 0.6 is 11.3 Å². The van der Waals surface area contributed by atoms with E-state index in [1.165, 1.54) is 47.0 Å². The Morgan fingerprint density at radius 1 is 1.25 bits per heavy atom. The van der Waals surface area contributed by atoms with Gasteiger partial charge in [0.1, 0.15) is 22.9 Å². The Hall–Kier alpha value is -3.44. The zero-order valence-electron chi connectivity index (χ0n) is 20.5. The first-order chi connectivity index (χ1) is 17.0. The SMILES string of the molecule is CNC(=O)c1c(-c2ccc(F)cc2)oc2cc(N(Cc3csc(C)n3)S(C)(=O)=O)c(OC(C)C)cc12. The maximum Gasteiger partial charge on any atom is 0.255 e. The van der Waals surface area contributed by atoms with Crippen LogP contribution < -0.4 is 14.4 Å². The third-order valence-electron chi connectivity index (χ3n) is 5.33. The lowest BCUT2D eigenvalue weighted by Gasteiger charge is -2.25. The highest BCUT2D eigenvalue weighted by Crippen LogP contribution is 2.42. The maximum atomic E-state index is 13.5. The summed E-state index contributed by atoms with van der Waals surface area (Å²) in [7, 11) is -2.26. The van der Waals surface area contributed by atoms with Crippen LogP contribution in [0.25, 0.3) is 22.3 Å². The third kappa shape index (κ3) is 5.21. The van der Waals surface area contributed by atoms with Gasteiger partial charge in [-0.3, -0.25) is 9.10 Å². The van der Waals surface area contributed by atoms with Crippen LogP contribution in [0.5, 0.6) is 5.75 Å². The van der Waals surface area contributed by atoms with Crippen molar-refractivity contribution in [3.8, 4) is 17.1 Å². The van der Waals surface area contributed by atoms with Gasteiger partial charge in [-0.2, -0.15) is 0 Å². The molecule has 0 radical (unpaired) electrons. The predicted molar refractivity (Wildman–Crippen MR) is 139 cm³/mol. The molecule has 2 aromatic heterocycles. The lowest BCUT2D eigenvalue weighted by atomic mass is 10.0. The topological polar surface area (TPSA) is 102 Å². The van der Waals surface area contributed by atoms with E-state index in [0.29, 0.717) is 16.6 Å². The summed E-state index contributed by atoms with van der Waals surface area (Å²) in [6.07, 6.45) is 0.827. The number of hydrogen-bond donors (Lipinski definition) is 1. The van der Waals surface area contributed by atoms with Crippen LogP contribution in [0.3, 0.4) is 0 Å². The summed E-state index contributed by atoms with van der Waals surface area (Å²) in [4.78, 5) is 17.3. The van der Waals surface area contributed by atoms with Gasteiger partial charge in [-0.05, 0) is 51.1 Å². The molecule has 1 N–H and O–H groups in total. The molecule has 0 unspecified atom stereocenters. The third-order valence-corrected chi connectivity index (χ3v) is 7.28. The molecule has 4 aromatic rings. The first kappa shape index (κ1) is 25.6. The number of furan rings is 1. The van der Waals surface area contributed by atoms with Crippen molar-refractivity contribution in [1.29, 1.82) is 0 Å². The molecule has 36 heavy (non-hydrogen) atoms. The van der Waals surface area contributed by atoms with E-state index in [1.54, 1.807) is 17.5 Å². The fourth-order valence-corrected chi connectivity index (χ4v) is 5.29. The predicted octanol–water partition coefficient (Wildman–Crippen LogP) is 5.12. The van der Waals surface area contributed by atoms with E-state index in [4.69, 9.17) is 9.15 Å². The van der Waals surface area contributed by atoms with Crippen molar-refractivity contribution >= 4 is 43.9 Å². The van der Waals surface area contributed by atoms with Gasteiger partial charge in [0.2, 0.25) is 10.0 Å². The first-order valence-corrected chi connectivity index (χ1v) is 13.8. The second-order valence-electron chi connectivity index (χ2n) is 8.50. The van der Waals surface area contributed by atoms with Crippen molar-refractivity contribution in [2.75, 3.05) is 17.6 Å². The molecule has 0 atom stereocenters. The van der Waals surface area contributed by atoms with Crippen LogP contribution in [-0.4, -0.2) is 38.7 Å². The second kappa shape index (κ2) is 9.90. The second-order valence-corrected chi connectivity index (χ2v) is 11.5. The van der Waals surface area contributed by atoms with Crippen molar-refractivity contribution < 1.29 is 26.8 Å². The number of hydrogen-bond acceptors (Lipinski definition) is 7. The standard InChI is InChI=1S/C25H26FN3O5S2/c1-14(2)33-22-10-19-21(11-20(22)29(36(5,31)32)12-18-13-35-15(3)28-18)34-24(23(19)25(30)27-4)16-6-8-17(26)9-7-16/h6-11,13-14H,12H2,1-5H3,(H,27,30). The summed E-state index contributed by atoms with van der Waals surface area (Å²) in [6.45, 7) is 5.48. The van der Waals surface area contributed by atoms with Crippen molar-refractivity contribution in [3.63, 3.8) is 0 Å². The van der Waals surface area contributed by atoms with E-state index in [1.807, 2.05) is 20.8 Å². The Kier molecular flexibility index (Phi) is 7.05. The van der Waals surface area contributed by atoms with Gasteiger partial charge in [0.15, 0.2) is 0 Å². The van der Waals surface area contributed by atoms with Crippen LogP contribution in [0.4, 0.5) is 10.1 Å². The van der Waals surface area contributed by atoms with Crippen LogP contribution in [0.15, 0.2) is 46.2 Å². The first-order valence-electron chi connectivity index (χ1n) is 11.1. The van der Waals surface area contributed by atoms with E-state index >= 15 is 0 Å². The van der Waals surface area contributed by atoms with Gasteiger partial charge < -0.3 is 14.5 Å². The number of rotatable bonds is 8. The number of thiazole rings is 1. The van der Waals surface area contributed by atoms with Crippen molar-refractivity contribution in [1.82, 2.24) is 10.3 Å². The highest BCUT2D eigenvalue weighted by Gasteiger charge is 2.28. The zero-order valence-corrected chi connectivity index (χ0v) is 22.1. The van der Waals surface area contributed by atoms with Gasteiger partial charge in [-0.1, -0.05) is 0 Å². The highest BCUT2D eigenvalue weighted by atomic mass is 32.2. The summed E-state index contributed by atoms with van der Waals surface area (Å²) in [5, 5.41) is 5.67. The van der Waals surface area contributed by atoms with Gasteiger partial charge in [-0.25, -0.2) is 17.8 Å². The van der Waals surface area contributed by atoms with E-state index in [-0.39, 0.29) is 41.0 Å². The number of amides is 1. The number of ether oxygens (including phenoxy) is 1. The van der Waals surface area contributed by atoms with Gasteiger partial charge in [0, 0.05) is 29.4 Å². The summed E-state index contributed by atoms with van der Waals surface area (Å²) in [6, 6.07) is 8.73. The molecule has 0 fully saturated rings. The minimum atomic E-state index is -3.76. The number of nitrogens with zero attached hydrogens (tertiary/aromatic N) is 2. The quantitative estimate of drug-likeness (QED) is 0.339. The highest BCUT2D eigenvalue weighted by molar-refractivity contribution is 7.92. The molecule has 0 spiro atoms. The van der Waals surface area contributed by atoms with Crippen LogP contribution in [0.1, 0.15) is 34.9 Å². The Morgan fingerprint density at radius 3 is 2.50 bits per heavy atom. The van der Waals surface area contributed by atoms with Crippen LogP contribution in [0.2, 0.25) is 0 Å². The summed E-state index contributed by atoms with van der Waals surface area (Å²) in [5.41, 5.74) is 1.86. The summed E-state index contributed by atoms with van der Waals surface area (Å²) < 4.78 is 52.7. The number of nitrogens with one attached hydrogen (secondary N) is 1. The number of anilines is 1. The number of sulfonamides is 1. The average Bonchev–Trinajstić information content (AvgIpc) is 3.38. The molecular formula is C25H26FN3O5S2. The monoisotopic (exact) mass is 531 g/mol. The van der Waals surface area contributed by atoms with Crippen LogP contribution in [-0.2, 0) is 16.6 Å². The average molecular weight is 532 g/mol. The molecule has 0 aliphatic heterocycles. The molecule has 1 amide bonds. The number of aryl methyl sites for hydroxylation is 1. The number of aromatic nitrogens is 1. The molecule has 0 saturated heterocycles. The molecule has 2 aromatic carbocycles. The Bertz CT molecular complexity index is 1530. The molecule has 0 bridgehead atoms. The lowest BCUT2D eigenvalue weighted by molar-refractivity contribution is 0.0964. The van der Waals surface area contributed by atoms with E-state index < -0.39 is 21.7 Å². The van der Waals surface area contributed by atoms with Crippen LogP contribution in [0, 0.1) is 12.7 Å².